The first kappa shape index (κ1) is 17.9. The van der Waals surface area contributed by atoms with Gasteiger partial charge in [0.05, 0.1) is 11.9 Å². The minimum Gasteiger partial charge on any atom is -0.492 e. The van der Waals surface area contributed by atoms with Crippen LogP contribution >= 0.6 is 0 Å². The van der Waals surface area contributed by atoms with Gasteiger partial charge in [-0.25, -0.2) is 0 Å². The fourth-order valence-corrected chi connectivity index (χ4v) is 2.31. The van der Waals surface area contributed by atoms with E-state index >= 15 is 0 Å². The standard InChI is InChI=1S/C15H27NO5/c1-4-5-6-13(19)16-8-12(18)14(20)15-10(3)11(17)7-9(2)21-15/h7,10-12,14-15,17-18,20H,4-6,8H2,1-3H3,(H,16,19)/t10-,11?,12+,14+,15?/m1/s1. The van der Waals surface area contributed by atoms with Gasteiger partial charge in [0.1, 0.15) is 18.3 Å². The first-order valence-electron chi connectivity index (χ1n) is 7.52. The largest absolute Gasteiger partial charge is 0.492 e. The Kier molecular flexibility index (Phi) is 7.14. The highest BCUT2D eigenvalue weighted by molar-refractivity contribution is 5.75. The maximum Gasteiger partial charge on any atom is 0.220 e. The fourth-order valence-electron chi connectivity index (χ4n) is 2.31. The first-order valence-corrected chi connectivity index (χ1v) is 7.52. The van der Waals surface area contributed by atoms with Crippen molar-refractivity contribution in [1.29, 1.82) is 0 Å². The average Bonchev–Trinajstić information content (AvgIpc) is 2.45. The second kappa shape index (κ2) is 8.36. The second-order valence-electron chi connectivity index (χ2n) is 5.68. The minimum atomic E-state index is -1.18. The summed E-state index contributed by atoms with van der Waals surface area (Å²) in [4.78, 5) is 11.5. The zero-order valence-corrected chi connectivity index (χ0v) is 13.0. The van der Waals surface area contributed by atoms with Crippen molar-refractivity contribution in [3.8, 4) is 0 Å². The Morgan fingerprint density at radius 1 is 1.48 bits per heavy atom. The lowest BCUT2D eigenvalue weighted by molar-refractivity contribution is -0.126. The number of amides is 1. The summed E-state index contributed by atoms with van der Waals surface area (Å²) in [6.45, 7) is 5.39. The van der Waals surface area contributed by atoms with E-state index in [1.54, 1.807) is 19.9 Å². The summed E-state index contributed by atoms with van der Waals surface area (Å²) in [7, 11) is 0. The molecule has 1 amide bonds. The van der Waals surface area contributed by atoms with E-state index in [4.69, 9.17) is 4.74 Å². The predicted octanol–water partition coefficient (Wildman–Crippen LogP) is 0.314. The third-order valence-corrected chi connectivity index (χ3v) is 3.78. The molecule has 0 bridgehead atoms. The van der Waals surface area contributed by atoms with Crippen LogP contribution < -0.4 is 5.32 Å². The zero-order chi connectivity index (χ0) is 16.0. The molecule has 0 spiro atoms. The molecule has 122 valence electrons. The van der Waals surface area contributed by atoms with Crippen LogP contribution in [0.4, 0.5) is 0 Å². The Morgan fingerprint density at radius 3 is 2.76 bits per heavy atom. The third-order valence-electron chi connectivity index (χ3n) is 3.78. The van der Waals surface area contributed by atoms with Crippen molar-refractivity contribution in [2.24, 2.45) is 5.92 Å². The van der Waals surface area contributed by atoms with Gasteiger partial charge in [-0.2, -0.15) is 0 Å². The summed E-state index contributed by atoms with van der Waals surface area (Å²) in [5.41, 5.74) is 0. The van der Waals surface area contributed by atoms with Gasteiger partial charge in [0.15, 0.2) is 0 Å². The molecule has 6 nitrogen and oxygen atoms in total. The van der Waals surface area contributed by atoms with Crippen molar-refractivity contribution in [3.05, 3.63) is 11.8 Å². The molecule has 0 aliphatic carbocycles. The third kappa shape index (κ3) is 5.30. The topological polar surface area (TPSA) is 99.0 Å². The van der Waals surface area contributed by atoms with E-state index in [9.17, 15) is 20.1 Å². The van der Waals surface area contributed by atoms with E-state index in [1.165, 1.54) is 0 Å². The van der Waals surface area contributed by atoms with Gasteiger partial charge in [-0.3, -0.25) is 4.79 Å². The first-order chi connectivity index (χ1) is 9.86. The molecule has 1 aliphatic heterocycles. The lowest BCUT2D eigenvalue weighted by atomic mass is 9.89. The van der Waals surface area contributed by atoms with E-state index in [0.29, 0.717) is 12.2 Å². The molecule has 21 heavy (non-hydrogen) atoms. The molecule has 0 aromatic carbocycles. The Balaban J connectivity index is 2.48. The number of hydrogen-bond donors (Lipinski definition) is 4. The van der Waals surface area contributed by atoms with Crippen molar-refractivity contribution in [2.45, 2.75) is 64.4 Å². The van der Waals surface area contributed by atoms with Gasteiger partial charge in [0, 0.05) is 18.9 Å². The molecule has 0 saturated heterocycles. The summed E-state index contributed by atoms with van der Waals surface area (Å²) in [5, 5.41) is 32.6. The van der Waals surface area contributed by atoms with Crippen molar-refractivity contribution < 1.29 is 24.9 Å². The van der Waals surface area contributed by atoms with Crippen LogP contribution in [0.15, 0.2) is 11.8 Å². The van der Waals surface area contributed by atoms with Gasteiger partial charge in [-0.05, 0) is 19.4 Å². The van der Waals surface area contributed by atoms with Crippen LogP contribution in [-0.2, 0) is 9.53 Å². The lowest BCUT2D eigenvalue weighted by Crippen LogP contribution is -2.50. The molecule has 4 N–H and O–H groups in total. The van der Waals surface area contributed by atoms with E-state index in [0.717, 1.165) is 12.8 Å². The molecule has 0 radical (unpaired) electrons. The van der Waals surface area contributed by atoms with Crippen LogP contribution in [0.2, 0.25) is 0 Å². The molecule has 0 fully saturated rings. The molecule has 0 saturated carbocycles. The van der Waals surface area contributed by atoms with Gasteiger partial charge < -0.3 is 25.4 Å². The Labute approximate surface area is 125 Å². The van der Waals surface area contributed by atoms with Gasteiger partial charge in [0.25, 0.3) is 0 Å². The van der Waals surface area contributed by atoms with Crippen LogP contribution in [0.25, 0.3) is 0 Å². The van der Waals surface area contributed by atoms with E-state index < -0.39 is 24.4 Å². The van der Waals surface area contributed by atoms with Gasteiger partial charge in [0.2, 0.25) is 5.91 Å². The number of aliphatic hydroxyl groups excluding tert-OH is 3. The molecule has 6 heteroatoms. The quantitative estimate of drug-likeness (QED) is 0.542. The van der Waals surface area contributed by atoms with Crippen molar-refractivity contribution in [2.75, 3.05) is 6.54 Å². The summed E-state index contributed by atoms with van der Waals surface area (Å²) < 4.78 is 5.50. The highest BCUT2D eigenvalue weighted by Gasteiger charge is 2.37. The molecule has 1 heterocycles. The van der Waals surface area contributed by atoms with Crippen molar-refractivity contribution >= 4 is 5.91 Å². The fraction of sp³-hybridized carbons (Fsp3) is 0.800. The van der Waals surface area contributed by atoms with Crippen LogP contribution in [0.3, 0.4) is 0 Å². The average molecular weight is 301 g/mol. The maximum atomic E-state index is 11.5. The summed E-state index contributed by atoms with van der Waals surface area (Å²) >= 11 is 0. The van der Waals surface area contributed by atoms with E-state index in [2.05, 4.69) is 5.32 Å². The lowest BCUT2D eigenvalue weighted by Gasteiger charge is -2.36. The van der Waals surface area contributed by atoms with Crippen LogP contribution in [0.1, 0.15) is 40.0 Å². The van der Waals surface area contributed by atoms with Crippen LogP contribution in [0.5, 0.6) is 0 Å². The summed E-state index contributed by atoms with van der Waals surface area (Å²) in [6.07, 6.45) is -0.0229. The molecule has 0 aromatic rings. The van der Waals surface area contributed by atoms with Gasteiger partial charge >= 0.3 is 0 Å². The predicted molar refractivity (Wildman–Crippen MR) is 78.3 cm³/mol. The highest BCUT2D eigenvalue weighted by Crippen LogP contribution is 2.26. The number of rotatable bonds is 7. The highest BCUT2D eigenvalue weighted by atomic mass is 16.5. The molecular formula is C15H27NO5. The molecular weight excluding hydrogens is 274 g/mol. The smallest absolute Gasteiger partial charge is 0.220 e. The summed E-state index contributed by atoms with van der Waals surface area (Å²) in [6, 6.07) is 0. The van der Waals surface area contributed by atoms with Crippen molar-refractivity contribution in [1.82, 2.24) is 5.32 Å². The number of hydrogen-bond acceptors (Lipinski definition) is 5. The molecule has 5 atom stereocenters. The SMILES string of the molecule is CCCCC(=O)NC[C@H](O)[C@H](O)C1OC(C)=CC(O)[C@H]1C. The number of carbonyl (C=O) groups excluding carboxylic acids is 1. The zero-order valence-electron chi connectivity index (χ0n) is 13.0. The number of ether oxygens (including phenoxy) is 1. The van der Waals surface area contributed by atoms with Crippen molar-refractivity contribution in [3.63, 3.8) is 0 Å². The normalized spacial score (nSPS) is 28.3. The van der Waals surface area contributed by atoms with Crippen LogP contribution in [0, 0.1) is 5.92 Å². The number of aliphatic hydroxyl groups is 3. The van der Waals surface area contributed by atoms with E-state index in [-0.39, 0.29) is 18.4 Å². The number of carbonyl (C=O) groups is 1. The minimum absolute atomic E-state index is 0.0326. The number of nitrogens with one attached hydrogen (secondary N) is 1. The number of unbranched alkanes of at least 4 members (excludes halogenated alkanes) is 1. The Bertz CT molecular complexity index is 371. The van der Waals surface area contributed by atoms with Gasteiger partial charge in [-0.15, -0.1) is 0 Å². The van der Waals surface area contributed by atoms with E-state index in [1.807, 2.05) is 6.92 Å². The second-order valence-corrected chi connectivity index (χ2v) is 5.68. The Morgan fingerprint density at radius 2 is 2.14 bits per heavy atom. The Hall–Kier alpha value is -1.11. The monoisotopic (exact) mass is 301 g/mol. The summed E-state index contributed by atoms with van der Waals surface area (Å²) in [5.74, 6) is 0.0368. The molecule has 2 unspecified atom stereocenters. The van der Waals surface area contributed by atoms with Crippen LogP contribution in [-0.4, -0.2) is 52.2 Å². The molecule has 1 aliphatic rings. The number of allylic oxidation sites excluding steroid dienone is 1. The van der Waals surface area contributed by atoms with Gasteiger partial charge in [-0.1, -0.05) is 20.3 Å². The molecule has 1 rings (SSSR count). The molecule has 0 aromatic heterocycles. The maximum absolute atomic E-state index is 11.5.